The summed E-state index contributed by atoms with van der Waals surface area (Å²) in [6.07, 6.45) is 1.85. The van der Waals surface area contributed by atoms with E-state index in [0.29, 0.717) is 23.7 Å². The number of halogens is 1. The molecule has 1 aromatic heterocycles. The van der Waals surface area contributed by atoms with Crippen LogP contribution in [0.1, 0.15) is 21.6 Å². The van der Waals surface area contributed by atoms with Gasteiger partial charge in [-0.15, -0.1) is 11.6 Å². The van der Waals surface area contributed by atoms with Gasteiger partial charge in [0.05, 0.1) is 18.1 Å². The number of aryl methyl sites for hydroxylation is 1. The van der Waals surface area contributed by atoms with Crippen LogP contribution in [0.5, 0.6) is 0 Å². The first-order chi connectivity index (χ1) is 9.22. The topological polar surface area (TPSA) is 22.0 Å². The van der Waals surface area contributed by atoms with Crippen molar-refractivity contribution in [2.75, 3.05) is 5.88 Å². The smallest absolute Gasteiger partial charge is 0.209 e. The molecule has 2 rings (SSSR count). The number of nitrogens with zero attached hydrogens (tertiary/aromatic N) is 1. The zero-order valence-corrected chi connectivity index (χ0v) is 11.4. The molecule has 1 heterocycles. The highest BCUT2D eigenvalue weighted by Gasteiger charge is 2.12. The Morgan fingerprint density at radius 2 is 1.95 bits per heavy atom. The summed E-state index contributed by atoms with van der Waals surface area (Å²) in [5.41, 5.74) is 2.48. The van der Waals surface area contributed by atoms with Gasteiger partial charge in [-0.25, -0.2) is 0 Å². The van der Waals surface area contributed by atoms with Gasteiger partial charge in [-0.3, -0.25) is 4.79 Å². The van der Waals surface area contributed by atoms with Crippen LogP contribution < -0.4 is 0 Å². The van der Waals surface area contributed by atoms with E-state index in [2.05, 4.69) is 11.8 Å². The molecular weight excluding hydrogens is 258 g/mol. The number of benzene rings is 1. The molecule has 0 saturated heterocycles. The van der Waals surface area contributed by atoms with Gasteiger partial charge in [-0.2, -0.15) is 0 Å². The molecule has 1 aromatic carbocycles. The minimum atomic E-state index is 0.0117. The average Bonchev–Trinajstić information content (AvgIpc) is 2.87. The fraction of sp³-hybridized carbons (Fsp3) is 0.188. The quantitative estimate of drug-likeness (QED) is 0.477. The molecule has 3 heteroatoms. The Morgan fingerprint density at radius 1 is 1.21 bits per heavy atom. The second-order valence-corrected chi connectivity index (χ2v) is 4.47. The maximum Gasteiger partial charge on any atom is 0.209 e. The maximum absolute atomic E-state index is 12.4. The molecule has 0 aliphatic heterocycles. The van der Waals surface area contributed by atoms with Gasteiger partial charge in [-0.05, 0) is 19.1 Å². The first kappa shape index (κ1) is 13.5. The van der Waals surface area contributed by atoms with Crippen molar-refractivity contribution < 1.29 is 4.79 Å². The molecule has 0 N–H and O–H groups in total. The zero-order chi connectivity index (χ0) is 13.7. The Kier molecular flexibility index (Phi) is 4.43. The van der Waals surface area contributed by atoms with Gasteiger partial charge in [0, 0.05) is 11.8 Å². The van der Waals surface area contributed by atoms with Crippen molar-refractivity contribution in [2.45, 2.75) is 13.5 Å². The Hall–Kier alpha value is -1.98. The molecule has 0 fully saturated rings. The van der Waals surface area contributed by atoms with Gasteiger partial charge >= 0.3 is 0 Å². The number of carbonyl (C=O) groups excluding carboxylic acids is 1. The molecule has 0 aliphatic carbocycles. The lowest BCUT2D eigenvalue weighted by molar-refractivity contribution is 0.103. The summed E-state index contributed by atoms with van der Waals surface area (Å²) in [6.45, 7) is 2.48. The average molecular weight is 272 g/mol. The van der Waals surface area contributed by atoms with Crippen molar-refractivity contribution >= 4 is 17.4 Å². The molecule has 96 valence electrons. The van der Waals surface area contributed by atoms with Crippen molar-refractivity contribution in [1.29, 1.82) is 0 Å². The third-order valence-corrected chi connectivity index (χ3v) is 2.95. The first-order valence-electron chi connectivity index (χ1n) is 6.00. The highest BCUT2D eigenvalue weighted by molar-refractivity contribution is 6.19. The largest absolute Gasteiger partial charge is 0.333 e. The van der Waals surface area contributed by atoms with Crippen LogP contribution in [0.25, 0.3) is 0 Å². The van der Waals surface area contributed by atoms with Gasteiger partial charge in [0.15, 0.2) is 0 Å². The van der Waals surface area contributed by atoms with Gasteiger partial charge < -0.3 is 4.57 Å². The van der Waals surface area contributed by atoms with Crippen molar-refractivity contribution in [2.24, 2.45) is 0 Å². The van der Waals surface area contributed by atoms with Crippen LogP contribution in [-0.4, -0.2) is 16.2 Å². The van der Waals surface area contributed by atoms with E-state index in [0.717, 1.165) is 5.56 Å². The van der Waals surface area contributed by atoms with E-state index in [1.165, 1.54) is 0 Å². The summed E-state index contributed by atoms with van der Waals surface area (Å²) in [5, 5.41) is 0. The summed E-state index contributed by atoms with van der Waals surface area (Å²) in [5.74, 6) is 6.03. The molecule has 0 atom stereocenters. The van der Waals surface area contributed by atoms with Crippen LogP contribution in [0, 0.1) is 18.8 Å². The standard InChI is InChI=1S/C16H14ClNO/c1-13-6-8-14(9-7-13)16(19)15-5-4-12-18(15)11-3-2-10-17/h4-9,12H,10-11H2,1H3. The van der Waals surface area contributed by atoms with Crippen molar-refractivity contribution in [1.82, 2.24) is 4.57 Å². The Balaban J connectivity index is 2.24. The minimum absolute atomic E-state index is 0.0117. The number of rotatable bonds is 3. The third-order valence-electron chi connectivity index (χ3n) is 2.82. The fourth-order valence-electron chi connectivity index (χ4n) is 1.80. The van der Waals surface area contributed by atoms with Crippen LogP contribution in [0.15, 0.2) is 42.6 Å². The van der Waals surface area contributed by atoms with Crippen LogP contribution in [0.4, 0.5) is 0 Å². The molecule has 0 saturated carbocycles. The van der Waals surface area contributed by atoms with Crippen molar-refractivity contribution in [3.05, 3.63) is 59.4 Å². The molecule has 2 aromatic rings. The molecule has 0 bridgehead atoms. The Labute approximate surface area is 118 Å². The molecule has 0 amide bonds. The molecule has 2 nitrogen and oxygen atoms in total. The van der Waals surface area contributed by atoms with E-state index >= 15 is 0 Å². The summed E-state index contributed by atoms with van der Waals surface area (Å²) >= 11 is 5.50. The van der Waals surface area contributed by atoms with Gasteiger partial charge in [-0.1, -0.05) is 41.7 Å². The summed E-state index contributed by atoms with van der Waals surface area (Å²) < 4.78 is 1.84. The third kappa shape index (κ3) is 3.27. The molecule has 0 radical (unpaired) electrons. The number of aromatic nitrogens is 1. The zero-order valence-electron chi connectivity index (χ0n) is 10.7. The summed E-state index contributed by atoms with van der Waals surface area (Å²) in [7, 11) is 0. The van der Waals surface area contributed by atoms with Crippen LogP contribution in [0.3, 0.4) is 0 Å². The van der Waals surface area contributed by atoms with E-state index in [1.807, 2.05) is 54.1 Å². The Bertz CT molecular complexity index is 629. The molecule has 0 spiro atoms. The maximum atomic E-state index is 12.4. The van der Waals surface area contributed by atoms with Crippen LogP contribution in [0.2, 0.25) is 0 Å². The van der Waals surface area contributed by atoms with Crippen molar-refractivity contribution in [3.8, 4) is 11.8 Å². The fourth-order valence-corrected chi connectivity index (χ4v) is 1.89. The highest BCUT2D eigenvalue weighted by atomic mass is 35.5. The van der Waals surface area contributed by atoms with E-state index in [4.69, 9.17) is 11.6 Å². The number of alkyl halides is 1. The first-order valence-corrected chi connectivity index (χ1v) is 6.54. The van der Waals surface area contributed by atoms with Gasteiger partial charge in [0.2, 0.25) is 5.78 Å². The number of hydrogen-bond acceptors (Lipinski definition) is 1. The highest BCUT2D eigenvalue weighted by Crippen LogP contribution is 2.11. The van der Waals surface area contributed by atoms with Gasteiger partial charge in [0.25, 0.3) is 0 Å². The van der Waals surface area contributed by atoms with E-state index in [1.54, 1.807) is 0 Å². The SMILES string of the molecule is Cc1ccc(C(=O)c2cccn2CC#CCCl)cc1. The lowest BCUT2D eigenvalue weighted by Crippen LogP contribution is -2.09. The number of carbonyl (C=O) groups is 1. The molecule has 0 aliphatic rings. The molecule has 0 unspecified atom stereocenters. The van der Waals surface area contributed by atoms with Crippen LogP contribution >= 0.6 is 11.6 Å². The second kappa shape index (κ2) is 6.26. The lowest BCUT2D eigenvalue weighted by atomic mass is 10.1. The lowest BCUT2D eigenvalue weighted by Gasteiger charge is -2.05. The molecular formula is C16H14ClNO. The van der Waals surface area contributed by atoms with Crippen LogP contribution in [-0.2, 0) is 6.54 Å². The number of hydrogen-bond donors (Lipinski definition) is 0. The molecule has 19 heavy (non-hydrogen) atoms. The second-order valence-electron chi connectivity index (χ2n) is 4.20. The number of ketones is 1. The van der Waals surface area contributed by atoms with E-state index < -0.39 is 0 Å². The summed E-state index contributed by atoms with van der Waals surface area (Å²) in [6, 6.07) is 11.2. The van der Waals surface area contributed by atoms with Crippen molar-refractivity contribution in [3.63, 3.8) is 0 Å². The predicted octanol–water partition coefficient (Wildman–Crippen LogP) is 3.27. The summed E-state index contributed by atoms with van der Waals surface area (Å²) in [4.78, 5) is 12.4. The van der Waals surface area contributed by atoms with E-state index in [9.17, 15) is 4.79 Å². The normalized spacial score (nSPS) is 9.79. The van der Waals surface area contributed by atoms with Gasteiger partial charge in [0.1, 0.15) is 0 Å². The van der Waals surface area contributed by atoms with E-state index in [-0.39, 0.29) is 5.78 Å². The Morgan fingerprint density at radius 3 is 2.63 bits per heavy atom. The monoisotopic (exact) mass is 271 g/mol. The minimum Gasteiger partial charge on any atom is -0.333 e. The predicted molar refractivity (Wildman–Crippen MR) is 77.5 cm³/mol.